The quantitative estimate of drug-likeness (QED) is 0.868. The second kappa shape index (κ2) is 4.43. The molecule has 0 unspecified atom stereocenters. The first-order valence-electron chi connectivity index (χ1n) is 4.51. The van der Waals surface area contributed by atoms with E-state index in [-0.39, 0.29) is 12.4 Å². The highest BCUT2D eigenvalue weighted by Crippen LogP contribution is 2.26. The molecule has 1 heterocycles. The van der Waals surface area contributed by atoms with Gasteiger partial charge in [0, 0.05) is 10.6 Å². The Bertz CT molecular complexity index is 553. The number of rotatable bonds is 2. The van der Waals surface area contributed by atoms with Crippen LogP contribution in [-0.4, -0.2) is 23.0 Å². The van der Waals surface area contributed by atoms with Crippen molar-refractivity contribution in [3.8, 4) is 0 Å². The average molecular weight is 304 g/mol. The summed E-state index contributed by atoms with van der Waals surface area (Å²) in [5.41, 5.74) is 2.19. The van der Waals surface area contributed by atoms with Gasteiger partial charge >= 0.3 is 5.97 Å². The molecule has 6 heteroatoms. The van der Waals surface area contributed by atoms with E-state index in [1.807, 2.05) is 6.07 Å². The number of hydrogen-bond acceptors (Lipinski definition) is 3. The number of ether oxygens (including phenoxy) is 1. The van der Waals surface area contributed by atoms with Crippen molar-refractivity contribution in [3.63, 3.8) is 0 Å². The number of benzene rings is 1. The highest BCUT2D eigenvalue weighted by Gasteiger charge is 2.14. The van der Waals surface area contributed by atoms with Crippen LogP contribution < -0.4 is 0 Å². The summed E-state index contributed by atoms with van der Waals surface area (Å²) >= 11 is 9.28. The van der Waals surface area contributed by atoms with Crippen LogP contribution in [0.1, 0.15) is 5.56 Å². The predicted octanol–water partition coefficient (Wildman–Crippen LogP) is 2.69. The van der Waals surface area contributed by atoms with Crippen molar-refractivity contribution in [1.29, 1.82) is 0 Å². The van der Waals surface area contributed by atoms with Gasteiger partial charge in [0.2, 0.25) is 0 Å². The molecule has 2 rings (SSSR count). The fraction of sp³-hybridized carbons (Fsp3) is 0.200. The summed E-state index contributed by atoms with van der Waals surface area (Å²) in [6.45, 7) is 0. The van der Waals surface area contributed by atoms with Crippen LogP contribution in [0.4, 0.5) is 0 Å². The summed E-state index contributed by atoms with van der Waals surface area (Å²) < 4.78 is 5.22. The van der Waals surface area contributed by atoms with Crippen molar-refractivity contribution < 1.29 is 9.53 Å². The molecule has 0 bridgehead atoms. The van der Waals surface area contributed by atoms with Crippen molar-refractivity contribution in [3.05, 3.63) is 27.5 Å². The Morgan fingerprint density at radius 2 is 2.38 bits per heavy atom. The molecular weight excluding hydrogens is 295 g/mol. The number of aromatic amines is 1. The Morgan fingerprint density at radius 1 is 1.62 bits per heavy atom. The Hall–Kier alpha value is -1.07. The zero-order chi connectivity index (χ0) is 11.7. The highest BCUT2D eigenvalue weighted by atomic mass is 79.9. The van der Waals surface area contributed by atoms with E-state index in [4.69, 9.17) is 11.6 Å². The van der Waals surface area contributed by atoms with Gasteiger partial charge in [-0.05, 0) is 28.1 Å². The zero-order valence-corrected chi connectivity index (χ0v) is 10.7. The second-order valence-corrected chi connectivity index (χ2v) is 4.36. The number of methoxy groups -OCH3 is 1. The SMILES string of the molecule is COC(=O)Cc1c(Cl)ccc2[nH]c(Br)nc12. The number of fused-ring (bicyclic) bond motifs is 1. The maximum absolute atomic E-state index is 11.3. The van der Waals surface area contributed by atoms with Gasteiger partial charge in [0.1, 0.15) is 0 Å². The molecule has 1 aromatic carbocycles. The standard InChI is InChI=1S/C10H8BrClN2O2/c1-16-8(15)4-5-6(12)2-3-7-9(5)14-10(11)13-7/h2-3H,4H2,1H3,(H,13,14). The van der Waals surface area contributed by atoms with E-state index >= 15 is 0 Å². The Labute approximate surface area is 105 Å². The van der Waals surface area contributed by atoms with Gasteiger partial charge < -0.3 is 9.72 Å². The number of imidazole rings is 1. The fourth-order valence-corrected chi connectivity index (χ4v) is 2.07. The van der Waals surface area contributed by atoms with Crippen molar-refractivity contribution in [2.75, 3.05) is 7.11 Å². The summed E-state index contributed by atoms with van der Waals surface area (Å²) in [6.07, 6.45) is 0.115. The van der Waals surface area contributed by atoms with Gasteiger partial charge in [-0.25, -0.2) is 4.98 Å². The minimum Gasteiger partial charge on any atom is -0.469 e. The molecule has 16 heavy (non-hydrogen) atoms. The number of carbonyl (C=O) groups excluding carboxylic acids is 1. The molecule has 0 aliphatic carbocycles. The normalized spacial score (nSPS) is 10.7. The van der Waals surface area contributed by atoms with E-state index in [1.54, 1.807) is 6.07 Å². The third-order valence-corrected chi connectivity index (χ3v) is 2.95. The van der Waals surface area contributed by atoms with Crippen LogP contribution in [0.3, 0.4) is 0 Å². The van der Waals surface area contributed by atoms with Crippen molar-refractivity contribution in [2.45, 2.75) is 6.42 Å². The summed E-state index contributed by atoms with van der Waals surface area (Å²) in [7, 11) is 1.34. The molecule has 0 aliphatic heterocycles. The van der Waals surface area contributed by atoms with Crippen LogP contribution in [0.2, 0.25) is 5.02 Å². The van der Waals surface area contributed by atoms with E-state index in [1.165, 1.54) is 7.11 Å². The lowest BCUT2D eigenvalue weighted by atomic mass is 10.1. The van der Waals surface area contributed by atoms with Gasteiger partial charge in [0.25, 0.3) is 0 Å². The number of H-pyrrole nitrogens is 1. The molecule has 1 N–H and O–H groups in total. The Morgan fingerprint density at radius 3 is 3.06 bits per heavy atom. The fourth-order valence-electron chi connectivity index (χ4n) is 1.46. The third-order valence-electron chi connectivity index (χ3n) is 2.22. The van der Waals surface area contributed by atoms with Crippen molar-refractivity contribution >= 4 is 44.5 Å². The zero-order valence-electron chi connectivity index (χ0n) is 8.38. The number of nitrogens with one attached hydrogen (secondary N) is 1. The van der Waals surface area contributed by atoms with Gasteiger partial charge in [-0.15, -0.1) is 0 Å². The summed E-state index contributed by atoms with van der Waals surface area (Å²) in [5.74, 6) is -0.339. The lowest BCUT2D eigenvalue weighted by Crippen LogP contribution is -2.05. The summed E-state index contributed by atoms with van der Waals surface area (Å²) in [4.78, 5) is 18.5. The third kappa shape index (κ3) is 2.05. The molecule has 0 atom stereocenters. The van der Waals surface area contributed by atoms with Crippen LogP contribution in [0.25, 0.3) is 11.0 Å². The number of carbonyl (C=O) groups is 1. The van der Waals surface area contributed by atoms with Crippen LogP contribution in [-0.2, 0) is 16.0 Å². The van der Waals surface area contributed by atoms with E-state index in [9.17, 15) is 4.79 Å². The molecule has 0 aliphatic rings. The molecule has 84 valence electrons. The first-order chi connectivity index (χ1) is 7.61. The summed E-state index contributed by atoms with van der Waals surface area (Å²) in [5, 5.41) is 0.511. The molecule has 0 saturated carbocycles. The van der Waals surface area contributed by atoms with Gasteiger partial charge in [0.15, 0.2) is 4.73 Å². The van der Waals surface area contributed by atoms with Gasteiger partial charge in [-0.3, -0.25) is 4.79 Å². The van der Waals surface area contributed by atoms with Crippen molar-refractivity contribution in [2.24, 2.45) is 0 Å². The summed E-state index contributed by atoms with van der Waals surface area (Å²) in [6, 6.07) is 3.54. The van der Waals surface area contributed by atoms with Crippen LogP contribution >= 0.6 is 27.5 Å². The maximum atomic E-state index is 11.3. The number of esters is 1. The first-order valence-corrected chi connectivity index (χ1v) is 5.68. The van der Waals surface area contributed by atoms with Crippen molar-refractivity contribution in [1.82, 2.24) is 9.97 Å². The average Bonchev–Trinajstić information content (AvgIpc) is 2.63. The smallest absolute Gasteiger partial charge is 0.310 e. The first kappa shape index (κ1) is 11.4. The largest absolute Gasteiger partial charge is 0.469 e. The predicted molar refractivity (Wildman–Crippen MR) is 64.5 cm³/mol. The molecule has 0 amide bonds. The number of nitrogens with zero attached hydrogens (tertiary/aromatic N) is 1. The molecule has 1 aromatic heterocycles. The van der Waals surface area contributed by atoms with E-state index in [0.717, 1.165) is 5.52 Å². The minimum absolute atomic E-state index is 0.115. The molecule has 0 radical (unpaired) electrons. The monoisotopic (exact) mass is 302 g/mol. The van der Waals surface area contributed by atoms with Gasteiger partial charge in [-0.2, -0.15) is 0 Å². The molecule has 0 saturated heterocycles. The molecule has 0 spiro atoms. The number of aromatic nitrogens is 2. The Kier molecular flexibility index (Phi) is 3.16. The van der Waals surface area contributed by atoms with Crippen LogP contribution in [0, 0.1) is 0 Å². The van der Waals surface area contributed by atoms with Gasteiger partial charge in [-0.1, -0.05) is 11.6 Å². The van der Waals surface area contributed by atoms with Crippen LogP contribution in [0.15, 0.2) is 16.9 Å². The highest BCUT2D eigenvalue weighted by molar-refractivity contribution is 9.10. The van der Waals surface area contributed by atoms with E-state index in [0.29, 0.717) is 20.8 Å². The lowest BCUT2D eigenvalue weighted by molar-refractivity contribution is -0.139. The number of hydrogen-bond donors (Lipinski definition) is 1. The van der Waals surface area contributed by atoms with E-state index in [2.05, 4.69) is 30.6 Å². The number of halogens is 2. The molecule has 2 aromatic rings. The second-order valence-electron chi connectivity index (χ2n) is 3.20. The minimum atomic E-state index is -0.339. The van der Waals surface area contributed by atoms with Crippen LogP contribution in [0.5, 0.6) is 0 Å². The maximum Gasteiger partial charge on any atom is 0.310 e. The molecule has 0 fully saturated rings. The Balaban J connectivity index is 2.56. The van der Waals surface area contributed by atoms with E-state index < -0.39 is 0 Å². The topological polar surface area (TPSA) is 55.0 Å². The molecular formula is C10H8BrClN2O2. The van der Waals surface area contributed by atoms with Gasteiger partial charge in [0.05, 0.1) is 24.6 Å². The lowest BCUT2D eigenvalue weighted by Gasteiger charge is -2.03. The molecule has 4 nitrogen and oxygen atoms in total.